The predicted octanol–water partition coefficient (Wildman–Crippen LogP) is 2.87. The molecule has 0 bridgehead atoms. The Kier molecular flexibility index (Phi) is 4.57. The van der Waals surface area contributed by atoms with Gasteiger partial charge in [-0.1, -0.05) is 17.7 Å². The van der Waals surface area contributed by atoms with Gasteiger partial charge in [-0.2, -0.15) is 0 Å². The first-order chi connectivity index (χ1) is 7.86. The third-order valence-electron chi connectivity index (χ3n) is 2.97. The third-order valence-corrected chi connectivity index (χ3v) is 3.94. The quantitative estimate of drug-likeness (QED) is 0.589. The van der Waals surface area contributed by atoms with Crippen LogP contribution in [0.2, 0.25) is 0 Å². The molecule has 2 rings (SSSR count). The van der Waals surface area contributed by atoms with Crippen LogP contribution < -0.4 is 5.32 Å². The van der Waals surface area contributed by atoms with E-state index in [9.17, 15) is 5.11 Å². The van der Waals surface area contributed by atoms with E-state index in [0.717, 1.165) is 17.8 Å². The van der Waals surface area contributed by atoms with Gasteiger partial charge in [0.2, 0.25) is 0 Å². The van der Waals surface area contributed by atoms with Gasteiger partial charge in [-0.25, -0.2) is 0 Å². The molecule has 0 amide bonds. The molecule has 0 saturated carbocycles. The molecule has 1 aromatic heterocycles. The average Bonchev–Trinajstić information content (AvgIpc) is 2.96. The van der Waals surface area contributed by atoms with Crippen LogP contribution in [0.5, 0.6) is 0 Å². The number of hydrogen-bond donors (Lipinski definition) is 2. The zero-order chi connectivity index (χ0) is 11.2. The van der Waals surface area contributed by atoms with E-state index in [2.05, 4.69) is 11.4 Å². The van der Waals surface area contributed by atoms with Gasteiger partial charge in [0.15, 0.2) is 0 Å². The molecular formula is C13H19NOS. The monoisotopic (exact) mass is 237 g/mol. The molecule has 1 atom stereocenters. The number of thiophene rings is 1. The third kappa shape index (κ3) is 3.44. The van der Waals surface area contributed by atoms with E-state index < -0.39 is 0 Å². The fourth-order valence-corrected chi connectivity index (χ4v) is 2.75. The van der Waals surface area contributed by atoms with Crippen molar-refractivity contribution in [1.29, 1.82) is 0 Å². The lowest BCUT2D eigenvalue weighted by Gasteiger charge is -2.10. The largest absolute Gasteiger partial charge is 0.386 e. The van der Waals surface area contributed by atoms with Gasteiger partial charge in [-0.05, 0) is 43.7 Å². The molecule has 0 aliphatic heterocycles. The maximum atomic E-state index is 9.83. The van der Waals surface area contributed by atoms with Crippen molar-refractivity contribution < 1.29 is 5.11 Å². The topological polar surface area (TPSA) is 32.3 Å². The van der Waals surface area contributed by atoms with Crippen LogP contribution in [0.25, 0.3) is 0 Å². The normalized spacial score (nSPS) is 17.4. The number of aliphatic hydroxyl groups is 1. The first-order valence-corrected chi connectivity index (χ1v) is 6.84. The molecule has 0 spiro atoms. The summed E-state index contributed by atoms with van der Waals surface area (Å²) < 4.78 is 0. The molecule has 0 radical (unpaired) electrons. The van der Waals surface area contributed by atoms with Gasteiger partial charge in [0, 0.05) is 11.4 Å². The van der Waals surface area contributed by atoms with Crippen molar-refractivity contribution in [3.8, 4) is 0 Å². The molecule has 2 nitrogen and oxygen atoms in total. The minimum Gasteiger partial charge on any atom is -0.386 e. The van der Waals surface area contributed by atoms with Crippen LogP contribution in [0.3, 0.4) is 0 Å². The highest BCUT2D eigenvalue weighted by molar-refractivity contribution is 7.10. The standard InChI is InChI=1S/C13H19NOS/c15-12(13-6-3-9-16-13)10-14-8-7-11-4-1-2-5-11/h3-4,6,9,12,14-15H,1-2,5,7-8,10H2. The van der Waals surface area contributed by atoms with Gasteiger partial charge in [-0.15, -0.1) is 11.3 Å². The second kappa shape index (κ2) is 6.18. The van der Waals surface area contributed by atoms with Crippen LogP contribution in [-0.4, -0.2) is 18.2 Å². The summed E-state index contributed by atoms with van der Waals surface area (Å²) in [5, 5.41) is 15.2. The highest BCUT2D eigenvalue weighted by Gasteiger charge is 2.08. The van der Waals surface area contributed by atoms with Gasteiger partial charge < -0.3 is 10.4 Å². The number of hydrogen-bond acceptors (Lipinski definition) is 3. The fraction of sp³-hybridized carbons (Fsp3) is 0.538. The van der Waals surface area contributed by atoms with Crippen LogP contribution in [0.1, 0.15) is 36.7 Å². The van der Waals surface area contributed by atoms with E-state index in [1.54, 1.807) is 16.9 Å². The lowest BCUT2D eigenvalue weighted by molar-refractivity contribution is 0.179. The molecule has 3 heteroatoms. The number of rotatable bonds is 6. The second-order valence-corrected chi connectivity index (χ2v) is 5.22. The van der Waals surface area contributed by atoms with E-state index in [4.69, 9.17) is 0 Å². The molecular weight excluding hydrogens is 218 g/mol. The van der Waals surface area contributed by atoms with Gasteiger partial charge in [0.05, 0.1) is 0 Å². The Morgan fingerprint density at radius 2 is 2.44 bits per heavy atom. The Morgan fingerprint density at radius 1 is 1.50 bits per heavy atom. The Labute approximate surface area is 101 Å². The SMILES string of the molecule is OC(CNCCC1=CCCC1)c1cccs1. The molecule has 1 aliphatic rings. The number of aliphatic hydroxyl groups excluding tert-OH is 1. The fourth-order valence-electron chi connectivity index (χ4n) is 2.03. The van der Waals surface area contributed by atoms with E-state index in [1.165, 1.54) is 19.3 Å². The smallest absolute Gasteiger partial charge is 0.101 e. The first-order valence-electron chi connectivity index (χ1n) is 5.96. The molecule has 1 heterocycles. The Hall–Kier alpha value is -0.640. The highest BCUT2D eigenvalue weighted by Crippen LogP contribution is 2.20. The van der Waals surface area contributed by atoms with Crippen molar-refractivity contribution in [3.63, 3.8) is 0 Å². The lowest BCUT2D eigenvalue weighted by Crippen LogP contribution is -2.22. The van der Waals surface area contributed by atoms with Crippen LogP contribution in [-0.2, 0) is 0 Å². The van der Waals surface area contributed by atoms with Crippen molar-refractivity contribution in [3.05, 3.63) is 34.0 Å². The Balaban J connectivity index is 1.61. The summed E-state index contributed by atoms with van der Waals surface area (Å²) in [5.74, 6) is 0. The van der Waals surface area contributed by atoms with E-state index in [0.29, 0.717) is 6.54 Å². The first kappa shape index (κ1) is 11.8. The zero-order valence-electron chi connectivity index (χ0n) is 9.48. The summed E-state index contributed by atoms with van der Waals surface area (Å²) in [6.07, 6.45) is 7.00. The zero-order valence-corrected chi connectivity index (χ0v) is 10.3. The maximum absolute atomic E-state index is 9.83. The Bertz CT molecular complexity index is 332. The molecule has 0 aromatic carbocycles. The van der Waals surface area contributed by atoms with Gasteiger partial charge in [-0.3, -0.25) is 0 Å². The molecule has 2 N–H and O–H groups in total. The summed E-state index contributed by atoms with van der Waals surface area (Å²) in [4.78, 5) is 1.05. The van der Waals surface area contributed by atoms with Crippen molar-refractivity contribution in [2.24, 2.45) is 0 Å². The molecule has 88 valence electrons. The summed E-state index contributed by atoms with van der Waals surface area (Å²) in [6, 6.07) is 3.96. The number of nitrogens with one attached hydrogen (secondary N) is 1. The van der Waals surface area contributed by atoms with Gasteiger partial charge in [0.1, 0.15) is 6.10 Å². The molecule has 16 heavy (non-hydrogen) atoms. The average molecular weight is 237 g/mol. The minimum atomic E-state index is -0.349. The Morgan fingerprint density at radius 3 is 3.12 bits per heavy atom. The van der Waals surface area contributed by atoms with Crippen LogP contribution >= 0.6 is 11.3 Å². The van der Waals surface area contributed by atoms with Crippen LogP contribution in [0.4, 0.5) is 0 Å². The molecule has 1 unspecified atom stereocenters. The van der Waals surface area contributed by atoms with E-state index in [1.807, 2.05) is 17.5 Å². The van der Waals surface area contributed by atoms with Crippen LogP contribution in [0, 0.1) is 0 Å². The van der Waals surface area contributed by atoms with Crippen molar-refractivity contribution in [2.45, 2.75) is 31.8 Å². The van der Waals surface area contributed by atoms with Crippen LogP contribution in [0.15, 0.2) is 29.2 Å². The highest BCUT2D eigenvalue weighted by atomic mass is 32.1. The summed E-state index contributed by atoms with van der Waals surface area (Å²) in [6.45, 7) is 1.64. The molecule has 1 aliphatic carbocycles. The minimum absolute atomic E-state index is 0.349. The predicted molar refractivity (Wildman–Crippen MR) is 68.7 cm³/mol. The van der Waals surface area contributed by atoms with E-state index >= 15 is 0 Å². The lowest BCUT2D eigenvalue weighted by atomic mass is 10.1. The number of allylic oxidation sites excluding steroid dienone is 1. The molecule has 0 fully saturated rings. The molecule has 0 saturated heterocycles. The van der Waals surface area contributed by atoms with Crippen molar-refractivity contribution in [2.75, 3.05) is 13.1 Å². The second-order valence-electron chi connectivity index (χ2n) is 4.24. The van der Waals surface area contributed by atoms with Gasteiger partial charge >= 0.3 is 0 Å². The summed E-state index contributed by atoms with van der Waals surface area (Å²) in [5.41, 5.74) is 1.58. The summed E-state index contributed by atoms with van der Waals surface area (Å²) >= 11 is 1.61. The van der Waals surface area contributed by atoms with Crippen molar-refractivity contribution >= 4 is 11.3 Å². The van der Waals surface area contributed by atoms with Gasteiger partial charge in [0.25, 0.3) is 0 Å². The van der Waals surface area contributed by atoms with Crippen molar-refractivity contribution in [1.82, 2.24) is 5.32 Å². The maximum Gasteiger partial charge on any atom is 0.101 e. The molecule has 1 aromatic rings. The van der Waals surface area contributed by atoms with E-state index in [-0.39, 0.29) is 6.10 Å². The summed E-state index contributed by atoms with van der Waals surface area (Å²) in [7, 11) is 0.